The number of carbonyl (C=O) groups is 1. The van der Waals surface area contributed by atoms with Gasteiger partial charge in [-0.05, 0) is 0 Å². The number of hydrogen-bond donors (Lipinski definition) is 0. The molecule has 0 atom stereocenters. The predicted octanol–water partition coefficient (Wildman–Crippen LogP) is 1.19. The summed E-state index contributed by atoms with van der Waals surface area (Å²) < 4.78 is 0.973. The van der Waals surface area contributed by atoms with Crippen LogP contribution in [0.25, 0.3) is 0 Å². The maximum absolute atomic E-state index is 12.7. The van der Waals surface area contributed by atoms with E-state index in [-0.39, 0.29) is 21.2 Å². The van der Waals surface area contributed by atoms with Crippen molar-refractivity contribution in [2.24, 2.45) is 17.8 Å². The average molecular weight is 381 g/mol. The van der Waals surface area contributed by atoms with E-state index in [2.05, 4.69) is 19.1 Å². The molecule has 0 saturated heterocycles. The summed E-state index contributed by atoms with van der Waals surface area (Å²) in [6.45, 7) is 2.09. The van der Waals surface area contributed by atoms with Crippen LogP contribution in [0.4, 0.5) is 0 Å². The Morgan fingerprint density at radius 2 is 1.50 bits per heavy atom. The summed E-state index contributed by atoms with van der Waals surface area (Å²) in [7, 11) is 0. The Bertz CT molecular complexity index is 496. The van der Waals surface area contributed by atoms with Gasteiger partial charge in [-0.2, -0.15) is 0 Å². The zero-order valence-corrected chi connectivity index (χ0v) is 14.2. The van der Waals surface area contributed by atoms with Crippen LogP contribution in [0.3, 0.4) is 0 Å². The van der Waals surface area contributed by atoms with Gasteiger partial charge in [0.15, 0.2) is 0 Å². The zero-order chi connectivity index (χ0) is 13.7. The Morgan fingerprint density at radius 3 is 2.00 bits per heavy atom. The monoisotopic (exact) mass is 381 g/mol. The van der Waals surface area contributed by atoms with E-state index in [9.17, 15) is 4.79 Å². The second-order valence-corrected chi connectivity index (χ2v) is 11.1. The summed E-state index contributed by atoms with van der Waals surface area (Å²) in [6, 6.07) is 8.24. The molecule has 4 bridgehead atoms. The molecule has 4 saturated carbocycles. The standard InChI is InChI=1S/C18H22IO/c1-12-2-4-16(5-3-12)17(20)19-18-9-13-6-14(10-18)8-15(7-13)11-18/h2-5,13-15H,6-11H2,1H3/q-1. The molecular weight excluding hydrogens is 359 g/mol. The summed E-state index contributed by atoms with van der Waals surface area (Å²) in [5, 5.41) is 0. The summed E-state index contributed by atoms with van der Waals surface area (Å²) in [5.74, 6) is 2.89. The van der Waals surface area contributed by atoms with Gasteiger partial charge in [-0.15, -0.1) is 0 Å². The molecule has 4 aliphatic carbocycles. The van der Waals surface area contributed by atoms with Crippen molar-refractivity contribution in [3.8, 4) is 0 Å². The molecule has 0 unspecified atom stereocenters. The van der Waals surface area contributed by atoms with E-state index in [0.29, 0.717) is 7.21 Å². The Morgan fingerprint density at radius 1 is 1.00 bits per heavy atom. The van der Waals surface area contributed by atoms with Gasteiger partial charge in [0.25, 0.3) is 0 Å². The van der Waals surface area contributed by atoms with Crippen molar-refractivity contribution in [2.45, 2.75) is 48.9 Å². The van der Waals surface area contributed by atoms with Crippen LogP contribution < -0.4 is 21.2 Å². The molecule has 1 aromatic rings. The van der Waals surface area contributed by atoms with E-state index in [4.69, 9.17) is 0 Å². The molecule has 4 aliphatic rings. The molecule has 0 aliphatic heterocycles. The van der Waals surface area contributed by atoms with E-state index < -0.39 is 0 Å². The van der Waals surface area contributed by atoms with Crippen LogP contribution in [-0.4, -0.2) is 7.21 Å². The molecule has 4 fully saturated rings. The average Bonchev–Trinajstić information content (AvgIpc) is 2.37. The van der Waals surface area contributed by atoms with Crippen molar-refractivity contribution < 1.29 is 26.0 Å². The van der Waals surface area contributed by atoms with Gasteiger partial charge in [0.05, 0.1) is 0 Å². The summed E-state index contributed by atoms with van der Waals surface area (Å²) >= 11 is -0.346. The molecule has 108 valence electrons. The minimum atomic E-state index is -0.346. The van der Waals surface area contributed by atoms with Crippen molar-refractivity contribution >= 4 is 3.79 Å². The van der Waals surface area contributed by atoms with E-state index in [0.717, 1.165) is 23.3 Å². The number of halogens is 1. The first-order valence-corrected chi connectivity index (χ1v) is 10.0. The number of rotatable bonds is 3. The molecule has 0 aromatic heterocycles. The van der Waals surface area contributed by atoms with Crippen LogP contribution in [-0.2, 0) is 0 Å². The van der Waals surface area contributed by atoms with Gasteiger partial charge in [-0.3, -0.25) is 0 Å². The summed E-state index contributed by atoms with van der Waals surface area (Å²) in [4.78, 5) is 12.7. The molecule has 0 heterocycles. The van der Waals surface area contributed by atoms with Gasteiger partial charge in [0.2, 0.25) is 0 Å². The molecular formula is C18H22IO-. The molecule has 2 heteroatoms. The van der Waals surface area contributed by atoms with Crippen LogP contribution in [0, 0.1) is 24.7 Å². The first kappa shape index (κ1) is 13.3. The molecule has 1 nitrogen and oxygen atoms in total. The first-order valence-electron chi connectivity index (χ1n) is 7.89. The van der Waals surface area contributed by atoms with Crippen LogP contribution in [0.15, 0.2) is 24.3 Å². The van der Waals surface area contributed by atoms with Gasteiger partial charge in [-0.1, -0.05) is 0 Å². The molecule has 20 heavy (non-hydrogen) atoms. The Labute approximate surface area is 131 Å². The normalized spacial score (nSPS) is 38.4. The van der Waals surface area contributed by atoms with E-state index in [1.807, 2.05) is 12.1 Å². The second-order valence-electron chi connectivity index (χ2n) is 7.30. The van der Waals surface area contributed by atoms with Crippen LogP contribution in [0.1, 0.15) is 54.4 Å². The molecule has 1 aromatic carbocycles. The SMILES string of the molecule is Cc1ccc(C(=O)[I-]C23CC4CC(CC(C4)C2)C3)cc1. The third kappa shape index (κ3) is 2.34. The zero-order valence-electron chi connectivity index (χ0n) is 12.1. The van der Waals surface area contributed by atoms with E-state index in [1.54, 1.807) is 0 Å². The Kier molecular flexibility index (Phi) is 3.21. The van der Waals surface area contributed by atoms with Gasteiger partial charge in [0.1, 0.15) is 0 Å². The van der Waals surface area contributed by atoms with Crippen LogP contribution >= 0.6 is 0 Å². The van der Waals surface area contributed by atoms with Gasteiger partial charge in [0, 0.05) is 0 Å². The molecule has 0 N–H and O–H groups in total. The maximum atomic E-state index is 12.7. The van der Waals surface area contributed by atoms with Crippen molar-refractivity contribution in [2.75, 3.05) is 0 Å². The Balaban J connectivity index is 1.53. The van der Waals surface area contributed by atoms with E-state index in [1.165, 1.54) is 44.1 Å². The fourth-order valence-electron chi connectivity index (χ4n) is 5.04. The van der Waals surface area contributed by atoms with Gasteiger partial charge >= 0.3 is 132 Å². The van der Waals surface area contributed by atoms with Crippen molar-refractivity contribution in [3.63, 3.8) is 0 Å². The van der Waals surface area contributed by atoms with Crippen molar-refractivity contribution in [1.29, 1.82) is 0 Å². The molecule has 0 radical (unpaired) electrons. The Hall–Kier alpha value is -0.380. The number of aryl methyl sites for hydroxylation is 1. The fourth-order valence-corrected chi connectivity index (χ4v) is 9.28. The predicted molar refractivity (Wildman–Crippen MR) is 76.4 cm³/mol. The number of benzene rings is 1. The molecule has 0 spiro atoms. The third-order valence-electron chi connectivity index (χ3n) is 5.53. The van der Waals surface area contributed by atoms with Gasteiger partial charge in [-0.25, -0.2) is 0 Å². The third-order valence-corrected chi connectivity index (χ3v) is 9.11. The minimum absolute atomic E-state index is 0.346. The number of alkyl halides is 1. The molecule has 5 rings (SSSR count). The van der Waals surface area contributed by atoms with Crippen molar-refractivity contribution in [1.82, 2.24) is 0 Å². The number of hydrogen-bond acceptors (Lipinski definition) is 1. The van der Waals surface area contributed by atoms with E-state index >= 15 is 0 Å². The fraction of sp³-hybridized carbons (Fsp3) is 0.611. The van der Waals surface area contributed by atoms with Crippen LogP contribution in [0.2, 0.25) is 0 Å². The molecule has 0 amide bonds. The van der Waals surface area contributed by atoms with Crippen LogP contribution in [0.5, 0.6) is 0 Å². The summed E-state index contributed by atoms with van der Waals surface area (Å²) in [6.07, 6.45) is 8.56. The van der Waals surface area contributed by atoms with Crippen molar-refractivity contribution in [3.05, 3.63) is 35.4 Å². The first-order chi connectivity index (χ1) is 9.62. The summed E-state index contributed by atoms with van der Waals surface area (Å²) in [5.41, 5.74) is 2.22. The quantitative estimate of drug-likeness (QED) is 0.437. The topological polar surface area (TPSA) is 17.1 Å². The number of carbonyl (C=O) groups excluding carboxylic acids is 1. The second kappa shape index (κ2) is 4.82. The van der Waals surface area contributed by atoms with Gasteiger partial charge < -0.3 is 0 Å².